The van der Waals surface area contributed by atoms with Gasteiger partial charge in [-0.15, -0.1) is 0 Å². The predicted molar refractivity (Wildman–Crippen MR) is 114 cm³/mol. The molecule has 0 saturated carbocycles. The van der Waals surface area contributed by atoms with E-state index in [0.29, 0.717) is 22.2 Å². The zero-order chi connectivity index (χ0) is 20.8. The number of benzene rings is 1. The van der Waals surface area contributed by atoms with Gasteiger partial charge in [0.2, 0.25) is 0 Å². The van der Waals surface area contributed by atoms with E-state index in [1.807, 2.05) is 43.3 Å². The number of hydrogen-bond donors (Lipinski definition) is 1. The van der Waals surface area contributed by atoms with Crippen LogP contribution in [0.1, 0.15) is 42.6 Å². The van der Waals surface area contributed by atoms with Gasteiger partial charge in [-0.1, -0.05) is 50.6 Å². The van der Waals surface area contributed by atoms with E-state index in [1.165, 1.54) is 0 Å². The summed E-state index contributed by atoms with van der Waals surface area (Å²) in [6.45, 7) is 8.03. The summed E-state index contributed by atoms with van der Waals surface area (Å²) >= 11 is 6.22. The van der Waals surface area contributed by atoms with Crippen molar-refractivity contribution >= 4 is 34.3 Å². The predicted octanol–water partition coefficient (Wildman–Crippen LogP) is 5.53. The number of carbonyl (C=O) groups is 1. The molecular weight excluding hydrogens is 388 g/mol. The monoisotopic (exact) mass is 408 g/mol. The van der Waals surface area contributed by atoms with Crippen molar-refractivity contribution in [2.75, 3.05) is 5.32 Å². The van der Waals surface area contributed by atoms with E-state index in [0.717, 1.165) is 16.6 Å². The first-order valence-electron chi connectivity index (χ1n) is 9.26. The average molecular weight is 409 g/mol. The van der Waals surface area contributed by atoms with Gasteiger partial charge < -0.3 is 9.73 Å². The summed E-state index contributed by atoms with van der Waals surface area (Å²) in [6.07, 6.45) is 1.69. The Morgan fingerprint density at radius 2 is 1.97 bits per heavy atom. The van der Waals surface area contributed by atoms with E-state index in [9.17, 15) is 4.79 Å². The molecule has 0 atom stereocenters. The third-order valence-corrected chi connectivity index (χ3v) is 5.01. The lowest BCUT2D eigenvalue weighted by Gasteiger charge is -2.13. The van der Waals surface area contributed by atoms with Gasteiger partial charge in [0.05, 0.1) is 10.7 Å². The van der Waals surface area contributed by atoms with E-state index in [-0.39, 0.29) is 17.1 Å². The number of aryl methyl sites for hydroxylation is 1. The van der Waals surface area contributed by atoms with Crippen molar-refractivity contribution in [3.8, 4) is 5.82 Å². The molecule has 0 aliphatic rings. The largest absolute Gasteiger partial charge is 0.449 e. The van der Waals surface area contributed by atoms with E-state index in [4.69, 9.17) is 16.0 Å². The van der Waals surface area contributed by atoms with E-state index in [2.05, 4.69) is 36.2 Å². The molecule has 148 valence electrons. The maximum Gasteiger partial charge on any atom is 0.292 e. The summed E-state index contributed by atoms with van der Waals surface area (Å²) in [6, 6.07) is 12.8. The van der Waals surface area contributed by atoms with Gasteiger partial charge in [0.1, 0.15) is 5.82 Å². The molecule has 0 fully saturated rings. The quantitative estimate of drug-likeness (QED) is 0.484. The summed E-state index contributed by atoms with van der Waals surface area (Å²) in [4.78, 5) is 17.4. The topological polar surface area (TPSA) is 73.0 Å². The van der Waals surface area contributed by atoms with Crippen molar-refractivity contribution in [1.82, 2.24) is 14.8 Å². The smallest absolute Gasteiger partial charge is 0.292 e. The minimum atomic E-state index is -0.368. The molecule has 1 aromatic carbocycles. The summed E-state index contributed by atoms with van der Waals surface area (Å²) < 4.78 is 7.42. The Hall–Kier alpha value is -3.12. The number of aromatic nitrogens is 3. The van der Waals surface area contributed by atoms with E-state index in [1.54, 1.807) is 16.9 Å². The number of nitrogens with one attached hydrogen (secondary N) is 1. The first kappa shape index (κ1) is 19.2. The molecule has 3 aromatic heterocycles. The lowest BCUT2D eigenvalue weighted by molar-refractivity contribution is 0.0997. The highest BCUT2D eigenvalue weighted by Crippen LogP contribution is 2.32. The molecule has 7 heteroatoms. The van der Waals surface area contributed by atoms with Crippen LogP contribution < -0.4 is 5.32 Å². The fourth-order valence-corrected chi connectivity index (χ4v) is 3.30. The van der Waals surface area contributed by atoms with Crippen LogP contribution in [0.3, 0.4) is 0 Å². The standard InChI is InChI=1S/C22H21ClN4O2/c1-13-14-8-7-9-15(23)20(14)29-19(13)21(28)25-18-12-16(22(2,3)4)26-27(18)17-10-5-6-11-24-17/h5-12H,1-4H3,(H,25,28). The molecule has 6 nitrogen and oxygen atoms in total. The van der Waals surface area contributed by atoms with Crippen LogP contribution in [0.4, 0.5) is 5.82 Å². The lowest BCUT2D eigenvalue weighted by atomic mass is 9.92. The fraction of sp³-hybridized carbons (Fsp3) is 0.227. The number of fused-ring (bicyclic) bond motifs is 1. The van der Waals surface area contributed by atoms with Crippen molar-refractivity contribution in [2.45, 2.75) is 33.1 Å². The van der Waals surface area contributed by atoms with Gasteiger partial charge in [-0.3, -0.25) is 4.79 Å². The Morgan fingerprint density at radius 3 is 2.62 bits per heavy atom. The highest BCUT2D eigenvalue weighted by molar-refractivity contribution is 6.35. The number of anilines is 1. The second-order valence-electron chi connectivity index (χ2n) is 7.89. The number of hydrogen-bond acceptors (Lipinski definition) is 4. The minimum absolute atomic E-state index is 0.192. The van der Waals surface area contributed by atoms with Crippen molar-refractivity contribution in [1.29, 1.82) is 0 Å². The zero-order valence-corrected chi connectivity index (χ0v) is 17.4. The molecule has 0 radical (unpaired) electrons. The third kappa shape index (κ3) is 3.51. The highest BCUT2D eigenvalue weighted by Gasteiger charge is 2.24. The highest BCUT2D eigenvalue weighted by atomic mass is 35.5. The number of para-hydroxylation sites is 1. The van der Waals surface area contributed by atoms with E-state index < -0.39 is 0 Å². The Balaban J connectivity index is 1.76. The molecule has 1 N–H and O–H groups in total. The number of halogens is 1. The molecule has 0 aliphatic heterocycles. The summed E-state index contributed by atoms with van der Waals surface area (Å²) in [5, 5.41) is 8.88. The molecule has 29 heavy (non-hydrogen) atoms. The van der Waals surface area contributed by atoms with Gasteiger partial charge in [0, 0.05) is 28.6 Å². The number of rotatable bonds is 3. The SMILES string of the molecule is Cc1c(C(=O)Nc2cc(C(C)(C)C)nn2-c2ccccn2)oc2c(Cl)cccc12. The van der Waals surface area contributed by atoms with Crippen LogP contribution >= 0.6 is 11.6 Å². The van der Waals surface area contributed by atoms with Gasteiger partial charge >= 0.3 is 0 Å². The van der Waals surface area contributed by atoms with Crippen LogP contribution in [0.25, 0.3) is 16.8 Å². The number of pyridine rings is 1. The molecule has 0 aliphatic carbocycles. The van der Waals surface area contributed by atoms with Gasteiger partial charge in [-0.2, -0.15) is 9.78 Å². The Morgan fingerprint density at radius 1 is 1.17 bits per heavy atom. The first-order valence-corrected chi connectivity index (χ1v) is 9.64. The molecule has 4 aromatic rings. The molecule has 0 bridgehead atoms. The number of carbonyl (C=O) groups excluding carboxylic acids is 1. The van der Waals surface area contributed by atoms with Crippen LogP contribution in [-0.4, -0.2) is 20.7 Å². The number of amides is 1. The van der Waals surface area contributed by atoms with Crippen molar-refractivity contribution in [3.05, 3.63) is 70.7 Å². The number of furan rings is 1. The lowest BCUT2D eigenvalue weighted by Crippen LogP contribution is -2.16. The van der Waals surface area contributed by atoms with Gasteiger partial charge in [-0.25, -0.2) is 4.98 Å². The minimum Gasteiger partial charge on any atom is -0.449 e. The van der Waals surface area contributed by atoms with Gasteiger partial charge in [0.25, 0.3) is 5.91 Å². The first-order chi connectivity index (χ1) is 13.8. The summed E-state index contributed by atoms with van der Waals surface area (Å²) in [5.41, 5.74) is 1.88. The maximum absolute atomic E-state index is 13.0. The molecule has 0 unspecified atom stereocenters. The van der Waals surface area contributed by atoms with Crippen LogP contribution in [0, 0.1) is 6.92 Å². The van der Waals surface area contributed by atoms with Crippen LogP contribution in [0.15, 0.2) is 53.1 Å². The van der Waals surface area contributed by atoms with E-state index >= 15 is 0 Å². The van der Waals surface area contributed by atoms with Gasteiger partial charge in [-0.05, 0) is 25.1 Å². The number of nitrogens with zero attached hydrogens (tertiary/aromatic N) is 3. The second-order valence-corrected chi connectivity index (χ2v) is 8.30. The zero-order valence-electron chi connectivity index (χ0n) is 16.7. The summed E-state index contributed by atoms with van der Waals surface area (Å²) in [7, 11) is 0. The normalized spacial score (nSPS) is 11.8. The third-order valence-electron chi connectivity index (χ3n) is 4.71. The average Bonchev–Trinajstić information content (AvgIpc) is 3.25. The molecule has 0 spiro atoms. The molecule has 1 amide bonds. The molecule has 0 saturated heterocycles. The Labute approximate surface area is 173 Å². The van der Waals surface area contributed by atoms with Crippen LogP contribution in [0.2, 0.25) is 5.02 Å². The van der Waals surface area contributed by atoms with Crippen molar-refractivity contribution in [3.63, 3.8) is 0 Å². The van der Waals surface area contributed by atoms with Gasteiger partial charge in [0.15, 0.2) is 17.2 Å². The molecular formula is C22H21ClN4O2. The molecule has 3 heterocycles. The van der Waals surface area contributed by atoms with Crippen molar-refractivity contribution < 1.29 is 9.21 Å². The van der Waals surface area contributed by atoms with Crippen LogP contribution in [0.5, 0.6) is 0 Å². The maximum atomic E-state index is 13.0. The Kier molecular flexibility index (Phi) is 4.67. The Bertz CT molecular complexity index is 1200. The van der Waals surface area contributed by atoms with Crippen LogP contribution in [-0.2, 0) is 5.41 Å². The molecule has 4 rings (SSSR count). The second kappa shape index (κ2) is 7.04. The fourth-order valence-electron chi connectivity index (χ4n) is 3.09. The summed E-state index contributed by atoms with van der Waals surface area (Å²) in [5.74, 6) is 0.985. The van der Waals surface area contributed by atoms with Crippen molar-refractivity contribution in [2.24, 2.45) is 0 Å².